The van der Waals surface area contributed by atoms with Crippen LogP contribution in [-0.4, -0.2) is 23.3 Å². The summed E-state index contributed by atoms with van der Waals surface area (Å²) in [6.07, 6.45) is 2.42. The first-order chi connectivity index (χ1) is 16.1. The number of halogens is 1. The number of hydrogen-bond donors (Lipinski definition) is 0. The van der Waals surface area contributed by atoms with E-state index < -0.39 is 18.4 Å². The lowest BCUT2D eigenvalue weighted by molar-refractivity contribution is 0.0475. The maximum absolute atomic E-state index is 13.3. The van der Waals surface area contributed by atoms with E-state index in [4.69, 9.17) is 9.72 Å². The third-order valence-electron chi connectivity index (χ3n) is 6.23. The molecule has 0 amide bonds. The molecule has 0 aliphatic heterocycles. The van der Waals surface area contributed by atoms with E-state index in [1.54, 1.807) is 0 Å². The van der Waals surface area contributed by atoms with Crippen molar-refractivity contribution in [3.05, 3.63) is 113 Å². The molecule has 1 heterocycles. The van der Waals surface area contributed by atoms with Crippen LogP contribution in [0.25, 0.3) is 10.9 Å². The van der Waals surface area contributed by atoms with Crippen LogP contribution in [0.4, 0.5) is 4.39 Å². The minimum absolute atomic E-state index is 0.286. The van der Waals surface area contributed by atoms with Crippen molar-refractivity contribution in [2.45, 2.75) is 25.2 Å². The molecular weight excluding hydrogens is 417 g/mol. The highest BCUT2D eigenvalue weighted by molar-refractivity contribution is 6.06. The number of carbonyl (C=O) groups is 2. The molecule has 4 aromatic rings. The molecule has 0 fully saturated rings. The van der Waals surface area contributed by atoms with Crippen LogP contribution in [0.1, 0.15) is 49.9 Å². The fourth-order valence-corrected chi connectivity index (χ4v) is 4.55. The fraction of sp³-hybridized carbons (Fsp3) is 0.179. The molecule has 1 aliphatic carbocycles. The second-order valence-electron chi connectivity index (χ2n) is 8.29. The Kier molecular flexibility index (Phi) is 5.69. The molecule has 33 heavy (non-hydrogen) atoms. The Morgan fingerprint density at radius 2 is 1.67 bits per heavy atom. The maximum atomic E-state index is 13.3. The molecule has 164 valence electrons. The van der Waals surface area contributed by atoms with Crippen LogP contribution < -0.4 is 0 Å². The largest absolute Gasteiger partial charge is 0.454 e. The number of ether oxygens (including phenoxy) is 1. The van der Waals surface area contributed by atoms with Crippen molar-refractivity contribution < 1.29 is 18.7 Å². The van der Waals surface area contributed by atoms with Crippen LogP contribution in [-0.2, 0) is 17.6 Å². The number of ketones is 1. The lowest BCUT2D eigenvalue weighted by atomic mass is 9.80. The fourth-order valence-electron chi connectivity index (χ4n) is 4.55. The number of hydrogen-bond acceptors (Lipinski definition) is 4. The Labute approximate surface area is 191 Å². The van der Waals surface area contributed by atoms with Gasteiger partial charge in [-0.1, -0.05) is 48.5 Å². The molecule has 0 spiro atoms. The van der Waals surface area contributed by atoms with Crippen molar-refractivity contribution in [3.8, 4) is 0 Å². The normalized spacial score (nSPS) is 15.1. The molecule has 0 unspecified atom stereocenters. The Bertz CT molecular complexity index is 1330. The Morgan fingerprint density at radius 3 is 2.45 bits per heavy atom. The van der Waals surface area contributed by atoms with Crippen molar-refractivity contribution in [2.24, 2.45) is 0 Å². The van der Waals surface area contributed by atoms with Gasteiger partial charge in [-0.25, -0.2) is 9.18 Å². The molecule has 3 aromatic carbocycles. The topological polar surface area (TPSA) is 56.3 Å². The number of fused-ring (bicyclic) bond motifs is 2. The summed E-state index contributed by atoms with van der Waals surface area (Å²) < 4.78 is 18.6. The summed E-state index contributed by atoms with van der Waals surface area (Å²) in [6.45, 7) is -0.405. The first kappa shape index (κ1) is 21.0. The van der Waals surface area contributed by atoms with Gasteiger partial charge in [-0.3, -0.25) is 9.78 Å². The number of para-hydroxylation sites is 1. The van der Waals surface area contributed by atoms with Crippen molar-refractivity contribution >= 4 is 22.7 Å². The maximum Gasteiger partial charge on any atom is 0.339 e. The second kappa shape index (κ2) is 8.94. The number of esters is 1. The van der Waals surface area contributed by atoms with Gasteiger partial charge in [-0.15, -0.1) is 0 Å². The van der Waals surface area contributed by atoms with Gasteiger partial charge in [0, 0.05) is 16.6 Å². The smallest absolute Gasteiger partial charge is 0.339 e. The lowest BCUT2D eigenvalue weighted by Crippen LogP contribution is -2.21. The summed E-state index contributed by atoms with van der Waals surface area (Å²) in [7, 11) is 0. The molecule has 1 atom stereocenters. The van der Waals surface area contributed by atoms with E-state index in [1.165, 1.54) is 29.8 Å². The highest BCUT2D eigenvalue weighted by atomic mass is 19.1. The third-order valence-corrected chi connectivity index (χ3v) is 6.23. The number of aryl methyl sites for hydroxylation is 1. The number of rotatable bonds is 5. The summed E-state index contributed by atoms with van der Waals surface area (Å²) in [5.74, 6) is -1.05. The summed E-state index contributed by atoms with van der Waals surface area (Å²) in [5, 5.41) is 0.726. The van der Waals surface area contributed by atoms with Crippen LogP contribution in [0.2, 0.25) is 0 Å². The van der Waals surface area contributed by atoms with Gasteiger partial charge >= 0.3 is 5.97 Å². The van der Waals surface area contributed by atoms with Crippen molar-refractivity contribution in [3.63, 3.8) is 0 Å². The van der Waals surface area contributed by atoms with Crippen molar-refractivity contribution in [1.29, 1.82) is 0 Å². The standard InChI is InChI=1S/C28H22FNO3/c29-21-13-10-19(11-14-21)26(31)17-33-28(32)27-22-8-4-5-9-24(22)30-25-15-12-20(16-23(25)27)18-6-2-1-3-7-18/h1-11,13-14,20H,12,15-17H2/t20-/m1/s1. The number of benzene rings is 3. The predicted molar refractivity (Wildman–Crippen MR) is 124 cm³/mol. The molecule has 4 nitrogen and oxygen atoms in total. The van der Waals surface area contributed by atoms with Gasteiger partial charge in [0.2, 0.25) is 0 Å². The predicted octanol–water partition coefficient (Wildman–Crippen LogP) is 5.69. The van der Waals surface area contributed by atoms with E-state index in [0.717, 1.165) is 35.0 Å². The second-order valence-corrected chi connectivity index (χ2v) is 8.29. The molecule has 5 rings (SSSR count). The Hall–Kier alpha value is -3.86. The van der Waals surface area contributed by atoms with E-state index in [0.29, 0.717) is 17.5 Å². The first-order valence-corrected chi connectivity index (χ1v) is 11.0. The quantitative estimate of drug-likeness (QED) is 0.296. The van der Waals surface area contributed by atoms with E-state index in [9.17, 15) is 14.0 Å². The van der Waals surface area contributed by atoms with Crippen LogP contribution in [0.5, 0.6) is 0 Å². The first-order valence-electron chi connectivity index (χ1n) is 11.0. The molecule has 0 N–H and O–H groups in total. The molecule has 1 aromatic heterocycles. The molecule has 5 heteroatoms. The zero-order chi connectivity index (χ0) is 22.8. The Balaban J connectivity index is 1.47. The molecule has 1 aliphatic rings. The number of carbonyl (C=O) groups excluding carboxylic acids is 2. The average molecular weight is 439 g/mol. The van der Waals surface area contributed by atoms with Gasteiger partial charge in [-0.2, -0.15) is 0 Å². The van der Waals surface area contributed by atoms with Gasteiger partial charge in [0.1, 0.15) is 5.82 Å². The third kappa shape index (κ3) is 4.27. The van der Waals surface area contributed by atoms with Gasteiger partial charge in [-0.05, 0) is 66.6 Å². The zero-order valence-electron chi connectivity index (χ0n) is 18.0. The summed E-state index contributed by atoms with van der Waals surface area (Å²) in [5.41, 5.74) is 4.58. The zero-order valence-corrected chi connectivity index (χ0v) is 18.0. The van der Waals surface area contributed by atoms with E-state index in [1.807, 2.05) is 42.5 Å². The lowest BCUT2D eigenvalue weighted by Gasteiger charge is -2.26. The van der Waals surface area contributed by atoms with Crippen LogP contribution in [0.15, 0.2) is 78.9 Å². The number of Topliss-reactive ketones (excluding diaryl/α,β-unsaturated/α-hetero) is 1. The van der Waals surface area contributed by atoms with Gasteiger partial charge in [0.15, 0.2) is 12.4 Å². The monoisotopic (exact) mass is 439 g/mol. The van der Waals surface area contributed by atoms with Gasteiger partial charge in [0.25, 0.3) is 0 Å². The Morgan fingerprint density at radius 1 is 0.939 bits per heavy atom. The van der Waals surface area contributed by atoms with Gasteiger partial charge in [0.05, 0.1) is 11.1 Å². The van der Waals surface area contributed by atoms with Crippen molar-refractivity contribution in [2.75, 3.05) is 6.61 Å². The molecule has 0 bridgehead atoms. The van der Waals surface area contributed by atoms with E-state index in [-0.39, 0.29) is 11.7 Å². The van der Waals surface area contributed by atoms with Crippen LogP contribution >= 0.6 is 0 Å². The number of pyridine rings is 1. The summed E-state index contributed by atoms with van der Waals surface area (Å²) >= 11 is 0. The highest BCUT2D eigenvalue weighted by Crippen LogP contribution is 2.36. The molecule has 0 saturated heterocycles. The summed E-state index contributed by atoms with van der Waals surface area (Å²) in [4.78, 5) is 30.6. The molecule has 0 saturated carbocycles. The van der Waals surface area contributed by atoms with Crippen LogP contribution in [0, 0.1) is 5.82 Å². The number of aromatic nitrogens is 1. The minimum Gasteiger partial charge on any atom is -0.454 e. The van der Waals surface area contributed by atoms with Crippen LogP contribution in [0.3, 0.4) is 0 Å². The van der Waals surface area contributed by atoms with Gasteiger partial charge < -0.3 is 4.74 Å². The highest BCUT2D eigenvalue weighted by Gasteiger charge is 2.28. The van der Waals surface area contributed by atoms with E-state index >= 15 is 0 Å². The molecular formula is C28H22FNO3. The minimum atomic E-state index is -0.533. The summed E-state index contributed by atoms with van der Waals surface area (Å²) in [6, 6.07) is 23.0. The number of nitrogens with zero attached hydrogens (tertiary/aromatic N) is 1. The van der Waals surface area contributed by atoms with E-state index in [2.05, 4.69) is 12.1 Å². The SMILES string of the molecule is O=C(COC(=O)c1c2c(nc3ccccc13)CC[C@@H](c1ccccc1)C2)c1ccc(F)cc1. The van der Waals surface area contributed by atoms with Crippen molar-refractivity contribution in [1.82, 2.24) is 4.98 Å². The molecule has 0 radical (unpaired) electrons. The average Bonchev–Trinajstić information content (AvgIpc) is 2.86.